The highest BCUT2D eigenvalue weighted by Crippen LogP contribution is 2.38. The number of furan rings is 1. The zero-order chi connectivity index (χ0) is 13.7. The molecule has 0 fully saturated rings. The van der Waals surface area contributed by atoms with Gasteiger partial charge < -0.3 is 9.73 Å². The summed E-state index contributed by atoms with van der Waals surface area (Å²) >= 11 is 0. The quantitative estimate of drug-likeness (QED) is 0.737. The van der Waals surface area contributed by atoms with Gasteiger partial charge in [0, 0.05) is 24.4 Å². The molecule has 0 saturated heterocycles. The van der Waals surface area contributed by atoms with Gasteiger partial charge in [-0.3, -0.25) is 9.48 Å². The van der Waals surface area contributed by atoms with Gasteiger partial charge in [0.2, 0.25) is 5.91 Å². The molecule has 1 aliphatic heterocycles. The number of nitrogens with zero attached hydrogens (tertiary/aromatic N) is 2. The Kier molecular flexibility index (Phi) is 2.24. The molecular weight excluding hydrogens is 254 g/mol. The van der Waals surface area contributed by atoms with Crippen LogP contribution in [0.3, 0.4) is 0 Å². The molecule has 3 aromatic rings. The molecule has 0 radical (unpaired) electrons. The topological polar surface area (TPSA) is 60.1 Å². The van der Waals surface area contributed by atoms with Crippen LogP contribution in [0, 0.1) is 0 Å². The van der Waals surface area contributed by atoms with Crippen LogP contribution < -0.4 is 5.32 Å². The highest BCUT2D eigenvalue weighted by atomic mass is 16.3. The molecule has 4 rings (SSSR count). The van der Waals surface area contributed by atoms with Crippen LogP contribution in [0.25, 0.3) is 11.0 Å². The predicted octanol–water partition coefficient (Wildman–Crippen LogP) is 2.64. The third-order valence-corrected chi connectivity index (χ3v) is 3.78. The Balaban J connectivity index is 1.87. The minimum atomic E-state index is -0.0696. The number of aromatic nitrogens is 2. The molecule has 2 aromatic heterocycles. The second kappa shape index (κ2) is 3.96. The van der Waals surface area contributed by atoms with Crippen molar-refractivity contribution in [3.63, 3.8) is 0 Å². The number of nitrogens with one attached hydrogen (secondary N) is 1. The summed E-state index contributed by atoms with van der Waals surface area (Å²) in [7, 11) is 1.82. The van der Waals surface area contributed by atoms with Gasteiger partial charge in [-0.25, -0.2) is 0 Å². The number of amides is 1. The number of aryl methyl sites for hydroxylation is 1. The standard InChI is InChI=1S/C15H13N3O2/c1-18-15-11(8-16-18)10(7-14(19)17-15)13-6-9-4-2-3-5-12(9)20-13/h2-6,8,10H,7H2,1H3,(H,17,19)/t10-/m1/s1. The van der Waals surface area contributed by atoms with Crippen molar-refractivity contribution < 1.29 is 9.21 Å². The van der Waals surface area contributed by atoms with Gasteiger partial charge in [-0.1, -0.05) is 18.2 Å². The van der Waals surface area contributed by atoms with Crippen LogP contribution in [0.1, 0.15) is 23.7 Å². The van der Waals surface area contributed by atoms with Crippen LogP contribution in [-0.2, 0) is 11.8 Å². The van der Waals surface area contributed by atoms with Crippen molar-refractivity contribution in [3.8, 4) is 0 Å². The summed E-state index contributed by atoms with van der Waals surface area (Å²) in [6.07, 6.45) is 2.19. The van der Waals surface area contributed by atoms with Crippen LogP contribution in [-0.4, -0.2) is 15.7 Å². The number of hydrogen-bond donors (Lipinski definition) is 1. The largest absolute Gasteiger partial charge is 0.460 e. The molecule has 1 atom stereocenters. The summed E-state index contributed by atoms with van der Waals surface area (Å²) in [4.78, 5) is 11.9. The average Bonchev–Trinajstić information content (AvgIpc) is 3.02. The number of hydrogen-bond acceptors (Lipinski definition) is 3. The highest BCUT2D eigenvalue weighted by molar-refractivity contribution is 5.94. The van der Waals surface area contributed by atoms with Crippen LogP contribution in [0.2, 0.25) is 0 Å². The maximum atomic E-state index is 11.9. The van der Waals surface area contributed by atoms with E-state index in [2.05, 4.69) is 10.4 Å². The molecular formula is C15H13N3O2. The Hall–Kier alpha value is -2.56. The number of carbonyl (C=O) groups excluding carboxylic acids is 1. The van der Waals surface area contributed by atoms with Gasteiger partial charge in [-0.2, -0.15) is 5.10 Å². The first kappa shape index (κ1) is 11.3. The fourth-order valence-corrected chi connectivity index (χ4v) is 2.77. The lowest BCUT2D eigenvalue weighted by molar-refractivity contribution is -0.116. The maximum absolute atomic E-state index is 11.9. The van der Waals surface area contributed by atoms with Gasteiger partial charge in [-0.05, 0) is 12.1 Å². The highest BCUT2D eigenvalue weighted by Gasteiger charge is 2.31. The summed E-state index contributed by atoms with van der Waals surface area (Å²) in [6.45, 7) is 0. The Morgan fingerprint density at radius 1 is 1.40 bits per heavy atom. The van der Waals surface area contributed by atoms with Crippen molar-refractivity contribution in [1.29, 1.82) is 0 Å². The molecule has 1 amide bonds. The monoisotopic (exact) mass is 267 g/mol. The first-order chi connectivity index (χ1) is 9.72. The van der Waals surface area contributed by atoms with E-state index in [4.69, 9.17) is 4.42 Å². The Bertz CT molecular complexity index is 783. The number of benzene rings is 1. The van der Waals surface area contributed by atoms with Crippen LogP contribution in [0.4, 0.5) is 5.82 Å². The smallest absolute Gasteiger partial charge is 0.226 e. The Morgan fingerprint density at radius 2 is 2.25 bits per heavy atom. The molecule has 1 aliphatic rings. The van der Waals surface area contributed by atoms with Crippen molar-refractivity contribution in [2.45, 2.75) is 12.3 Å². The first-order valence-corrected chi connectivity index (χ1v) is 6.52. The van der Waals surface area contributed by atoms with Crippen molar-refractivity contribution in [1.82, 2.24) is 9.78 Å². The summed E-state index contributed by atoms with van der Waals surface area (Å²) in [6, 6.07) is 9.88. The Morgan fingerprint density at radius 3 is 3.10 bits per heavy atom. The lowest BCUT2D eigenvalue weighted by Gasteiger charge is -2.21. The van der Waals surface area contributed by atoms with Crippen LogP contribution in [0.15, 0.2) is 40.9 Å². The van der Waals surface area contributed by atoms with Crippen molar-refractivity contribution in [2.75, 3.05) is 5.32 Å². The van der Waals surface area contributed by atoms with E-state index in [1.807, 2.05) is 37.4 Å². The first-order valence-electron chi connectivity index (χ1n) is 6.52. The van der Waals surface area contributed by atoms with Gasteiger partial charge >= 0.3 is 0 Å². The SMILES string of the molecule is Cn1ncc2c1NC(=O)C[C@H]2c1cc2ccccc2o1. The van der Waals surface area contributed by atoms with E-state index in [0.717, 1.165) is 28.1 Å². The number of carbonyl (C=O) groups is 1. The van der Waals surface area contributed by atoms with E-state index in [9.17, 15) is 4.79 Å². The second-order valence-corrected chi connectivity index (χ2v) is 5.06. The van der Waals surface area contributed by atoms with E-state index in [1.165, 1.54) is 0 Å². The van der Waals surface area contributed by atoms with Gasteiger partial charge in [0.15, 0.2) is 0 Å². The zero-order valence-electron chi connectivity index (χ0n) is 11.0. The van der Waals surface area contributed by atoms with Crippen molar-refractivity contribution in [2.24, 2.45) is 7.05 Å². The number of rotatable bonds is 1. The van der Waals surface area contributed by atoms with Crippen molar-refractivity contribution >= 4 is 22.7 Å². The summed E-state index contributed by atoms with van der Waals surface area (Å²) in [5, 5.41) is 8.14. The Labute approximate surface area is 115 Å². The summed E-state index contributed by atoms with van der Waals surface area (Å²) in [5.74, 6) is 1.49. The molecule has 0 unspecified atom stereocenters. The van der Waals surface area contributed by atoms with Crippen molar-refractivity contribution in [3.05, 3.63) is 47.9 Å². The van der Waals surface area contributed by atoms with E-state index in [0.29, 0.717) is 6.42 Å². The molecule has 0 saturated carbocycles. The third kappa shape index (κ3) is 1.56. The molecule has 1 aromatic carbocycles. The molecule has 20 heavy (non-hydrogen) atoms. The molecule has 1 N–H and O–H groups in total. The summed E-state index contributed by atoms with van der Waals surface area (Å²) < 4.78 is 7.59. The average molecular weight is 267 g/mol. The second-order valence-electron chi connectivity index (χ2n) is 5.06. The fraction of sp³-hybridized carbons (Fsp3) is 0.200. The lowest BCUT2D eigenvalue weighted by Crippen LogP contribution is -2.24. The van der Waals surface area contributed by atoms with Gasteiger partial charge in [0.25, 0.3) is 0 Å². The lowest BCUT2D eigenvalue weighted by atomic mass is 9.92. The molecule has 5 heteroatoms. The summed E-state index contributed by atoms with van der Waals surface area (Å²) in [5.41, 5.74) is 1.85. The normalized spacial score (nSPS) is 18.1. The molecule has 0 bridgehead atoms. The van der Waals surface area contributed by atoms with E-state index >= 15 is 0 Å². The van der Waals surface area contributed by atoms with E-state index in [-0.39, 0.29) is 11.8 Å². The fourth-order valence-electron chi connectivity index (χ4n) is 2.77. The van der Waals surface area contributed by atoms with Crippen LogP contribution in [0.5, 0.6) is 0 Å². The maximum Gasteiger partial charge on any atom is 0.226 e. The van der Waals surface area contributed by atoms with Gasteiger partial charge in [0.1, 0.15) is 17.2 Å². The molecule has 3 heterocycles. The number of anilines is 1. The number of para-hydroxylation sites is 1. The number of fused-ring (bicyclic) bond motifs is 2. The van der Waals surface area contributed by atoms with E-state index in [1.54, 1.807) is 10.9 Å². The minimum Gasteiger partial charge on any atom is -0.460 e. The van der Waals surface area contributed by atoms with E-state index < -0.39 is 0 Å². The predicted molar refractivity (Wildman–Crippen MR) is 74.5 cm³/mol. The molecule has 0 aliphatic carbocycles. The third-order valence-electron chi connectivity index (χ3n) is 3.78. The molecule has 100 valence electrons. The molecule has 5 nitrogen and oxygen atoms in total. The van der Waals surface area contributed by atoms with Gasteiger partial charge in [0.05, 0.1) is 12.1 Å². The van der Waals surface area contributed by atoms with Gasteiger partial charge in [-0.15, -0.1) is 0 Å². The van der Waals surface area contributed by atoms with Crippen LogP contribution >= 0.6 is 0 Å². The molecule has 0 spiro atoms. The minimum absolute atomic E-state index is 0.00782. The zero-order valence-corrected chi connectivity index (χ0v) is 11.0.